The van der Waals surface area contributed by atoms with E-state index in [-0.39, 0.29) is 35.3 Å². The first kappa shape index (κ1) is 25.7. The summed E-state index contributed by atoms with van der Waals surface area (Å²) in [6.07, 6.45) is 5.60. The molecular weight excluding hydrogens is 520 g/mol. The second-order valence-electron chi connectivity index (χ2n) is 12.1. The van der Waals surface area contributed by atoms with Crippen LogP contribution in [0.2, 0.25) is 0 Å². The molecule has 0 unspecified atom stereocenters. The number of likely N-dealkylation sites (tertiary alicyclic amines) is 1. The second-order valence-corrected chi connectivity index (χ2v) is 12.1. The van der Waals surface area contributed by atoms with Crippen molar-refractivity contribution < 1.29 is 29.0 Å². The van der Waals surface area contributed by atoms with Crippen LogP contribution in [0, 0.1) is 35.0 Å². The van der Waals surface area contributed by atoms with Crippen LogP contribution in [0.15, 0.2) is 72.0 Å². The summed E-state index contributed by atoms with van der Waals surface area (Å²) in [5, 5.41) is 10.2. The first-order valence-corrected chi connectivity index (χ1v) is 14.4. The molecule has 41 heavy (non-hydrogen) atoms. The fourth-order valence-corrected chi connectivity index (χ4v) is 8.18. The van der Waals surface area contributed by atoms with Crippen LogP contribution in [0.1, 0.15) is 38.7 Å². The minimum absolute atomic E-state index is 0.118. The van der Waals surface area contributed by atoms with Crippen LogP contribution in [-0.2, 0) is 25.6 Å². The lowest BCUT2D eigenvalue weighted by Crippen LogP contribution is -2.51. The summed E-state index contributed by atoms with van der Waals surface area (Å²) in [5.41, 5.74) is 1.97. The largest absolute Gasteiger partial charge is 0.508 e. The van der Waals surface area contributed by atoms with Gasteiger partial charge in [-0.25, -0.2) is 4.90 Å². The number of carbonyl (C=O) groups is 4. The molecule has 8 heteroatoms. The predicted molar refractivity (Wildman–Crippen MR) is 149 cm³/mol. The molecule has 3 fully saturated rings. The number of phenols is 1. The van der Waals surface area contributed by atoms with Crippen LogP contribution in [0.3, 0.4) is 0 Å². The van der Waals surface area contributed by atoms with Crippen molar-refractivity contribution in [1.29, 1.82) is 0 Å². The molecule has 4 amide bonds. The minimum Gasteiger partial charge on any atom is -0.508 e. The Labute approximate surface area is 238 Å². The first-order valence-electron chi connectivity index (χ1n) is 14.4. The Hall–Kier alpha value is -4.20. The van der Waals surface area contributed by atoms with Crippen molar-refractivity contribution in [1.82, 2.24) is 4.90 Å². The van der Waals surface area contributed by atoms with Crippen LogP contribution in [0.5, 0.6) is 11.5 Å². The molecule has 0 aromatic heterocycles. The normalized spacial score (nSPS) is 32.1. The molecule has 0 radical (unpaired) electrons. The maximum atomic E-state index is 14.4. The molecule has 2 aliphatic carbocycles. The van der Waals surface area contributed by atoms with Gasteiger partial charge < -0.3 is 9.84 Å². The molecule has 6 atom stereocenters. The van der Waals surface area contributed by atoms with E-state index in [1.165, 1.54) is 9.80 Å². The van der Waals surface area contributed by atoms with Crippen LogP contribution in [0.4, 0.5) is 5.69 Å². The quantitative estimate of drug-likeness (QED) is 0.446. The van der Waals surface area contributed by atoms with Gasteiger partial charge in [-0.15, -0.1) is 0 Å². The first-order chi connectivity index (χ1) is 19.8. The Morgan fingerprint density at radius 2 is 1.78 bits per heavy atom. The number of phenolic OH excluding ortho intramolecular Hbond substituents is 1. The summed E-state index contributed by atoms with van der Waals surface area (Å²) in [5.74, 6) is -2.60. The summed E-state index contributed by atoms with van der Waals surface area (Å²) < 4.78 is 6.03. The average molecular weight is 553 g/mol. The number of nitrogens with zero attached hydrogens (tertiary/aromatic N) is 2. The van der Waals surface area contributed by atoms with E-state index in [2.05, 4.69) is 6.08 Å². The van der Waals surface area contributed by atoms with Crippen LogP contribution in [-0.4, -0.2) is 40.2 Å². The van der Waals surface area contributed by atoms with Gasteiger partial charge in [0.1, 0.15) is 11.5 Å². The molecule has 1 saturated carbocycles. The number of hydrogen-bond donors (Lipinski definition) is 1. The number of imide groups is 2. The number of rotatable bonds is 4. The molecule has 2 saturated heterocycles. The zero-order chi connectivity index (χ0) is 28.6. The number of ether oxygens (including phenoxy) is 1. The van der Waals surface area contributed by atoms with Crippen molar-refractivity contribution in [3.63, 3.8) is 0 Å². The van der Waals surface area contributed by atoms with Gasteiger partial charge in [-0.1, -0.05) is 36.8 Å². The maximum Gasteiger partial charge on any atom is 0.241 e. The lowest BCUT2D eigenvalue weighted by atomic mass is 9.51. The van der Waals surface area contributed by atoms with Crippen LogP contribution in [0.25, 0.3) is 0 Å². The predicted octanol–water partition coefficient (Wildman–Crippen LogP) is 4.38. The molecule has 210 valence electrons. The molecular formula is C33H32N2O6. The zero-order valence-corrected chi connectivity index (χ0v) is 23.1. The molecule has 7 rings (SSSR count). The number of benzene rings is 2. The smallest absolute Gasteiger partial charge is 0.241 e. The highest BCUT2D eigenvalue weighted by molar-refractivity contribution is 6.24. The minimum atomic E-state index is -1.11. The third-order valence-electron chi connectivity index (χ3n) is 9.97. The van der Waals surface area contributed by atoms with Crippen molar-refractivity contribution in [2.45, 2.75) is 39.5 Å². The maximum absolute atomic E-state index is 14.4. The van der Waals surface area contributed by atoms with E-state index in [4.69, 9.17) is 4.74 Å². The number of carbonyl (C=O) groups excluding carboxylic acids is 4. The number of allylic oxidation sites excluding steroid dienone is 3. The fourth-order valence-electron chi connectivity index (χ4n) is 8.18. The van der Waals surface area contributed by atoms with Gasteiger partial charge in [0.05, 0.1) is 35.1 Å². The number of amides is 4. The topological polar surface area (TPSA) is 104 Å². The van der Waals surface area contributed by atoms with Gasteiger partial charge in [0.15, 0.2) is 0 Å². The second kappa shape index (κ2) is 9.16. The number of hydrogen-bond acceptors (Lipinski definition) is 6. The molecule has 3 heterocycles. The SMILES string of the molecule is CCCN1C(=O)[C@H]2[C@H](CC=C3[C@H](C4=COc5ccc(O)cc5C4)[C@]4(C)C(=O)N(c5ccccc5)C(=O)[C@@H]4C[C@H]32)C1=O. The molecule has 2 aromatic carbocycles. The van der Waals surface area contributed by atoms with Crippen molar-refractivity contribution in [2.24, 2.45) is 35.0 Å². The summed E-state index contributed by atoms with van der Waals surface area (Å²) in [4.78, 5) is 58.3. The van der Waals surface area contributed by atoms with Crippen molar-refractivity contribution >= 4 is 29.3 Å². The van der Waals surface area contributed by atoms with Crippen molar-refractivity contribution in [3.05, 3.63) is 77.6 Å². The van der Waals surface area contributed by atoms with E-state index in [0.29, 0.717) is 43.7 Å². The molecule has 0 bridgehead atoms. The number of aromatic hydroxyl groups is 1. The standard InChI is InChI=1S/C33H32N2O6/c1-3-13-34-29(37)23-11-10-22-24(27(23)31(34)39)16-25-30(38)35(20-7-5-4-6-8-20)32(40)33(25,2)28(22)19-14-18-15-21(36)9-12-26(18)41-17-19/h4-10,12,15,17,23-25,27-28,36H,3,11,13-14,16H2,1-2H3/t23-,24+,25-,27-,28-,33+/m0/s1. The van der Waals surface area contributed by atoms with E-state index < -0.39 is 29.1 Å². The third kappa shape index (κ3) is 3.52. The fraction of sp³-hybridized carbons (Fsp3) is 0.394. The van der Waals surface area contributed by atoms with Gasteiger partial charge in [0, 0.05) is 24.4 Å². The number of anilines is 1. The van der Waals surface area contributed by atoms with Crippen molar-refractivity contribution in [3.8, 4) is 11.5 Å². The Balaban J connectivity index is 1.37. The zero-order valence-electron chi connectivity index (χ0n) is 23.1. The van der Waals surface area contributed by atoms with Crippen LogP contribution >= 0.6 is 0 Å². The van der Waals surface area contributed by atoms with E-state index in [0.717, 1.165) is 16.7 Å². The summed E-state index contributed by atoms with van der Waals surface area (Å²) >= 11 is 0. The Kier molecular flexibility index (Phi) is 5.75. The highest BCUT2D eigenvalue weighted by Gasteiger charge is 2.68. The van der Waals surface area contributed by atoms with E-state index in [1.54, 1.807) is 48.7 Å². The molecule has 3 aliphatic heterocycles. The summed E-state index contributed by atoms with van der Waals surface area (Å²) in [7, 11) is 0. The highest BCUT2D eigenvalue weighted by Crippen LogP contribution is 2.62. The Bertz CT molecular complexity index is 1560. The lowest BCUT2D eigenvalue weighted by molar-refractivity contribution is -0.140. The van der Waals surface area contributed by atoms with Gasteiger partial charge in [-0.2, -0.15) is 0 Å². The average Bonchev–Trinajstić information content (AvgIpc) is 3.33. The number of fused-ring (bicyclic) bond motifs is 5. The monoisotopic (exact) mass is 552 g/mol. The third-order valence-corrected chi connectivity index (χ3v) is 9.97. The molecule has 8 nitrogen and oxygen atoms in total. The van der Waals surface area contributed by atoms with Gasteiger partial charge in [0.2, 0.25) is 23.6 Å². The molecule has 5 aliphatic rings. The highest BCUT2D eigenvalue weighted by atomic mass is 16.5. The van der Waals surface area contributed by atoms with E-state index in [9.17, 15) is 24.3 Å². The van der Waals surface area contributed by atoms with Gasteiger partial charge in [0.25, 0.3) is 0 Å². The molecule has 2 aromatic rings. The Morgan fingerprint density at radius 1 is 1.00 bits per heavy atom. The van der Waals surface area contributed by atoms with Gasteiger partial charge in [-0.3, -0.25) is 24.1 Å². The van der Waals surface area contributed by atoms with Crippen molar-refractivity contribution in [2.75, 3.05) is 11.4 Å². The molecule has 1 N–H and O–H groups in total. The van der Waals surface area contributed by atoms with E-state index >= 15 is 0 Å². The summed E-state index contributed by atoms with van der Waals surface area (Å²) in [6.45, 7) is 4.20. The Morgan fingerprint density at radius 3 is 2.54 bits per heavy atom. The summed E-state index contributed by atoms with van der Waals surface area (Å²) in [6, 6.07) is 13.9. The number of para-hydroxylation sites is 1. The lowest BCUT2D eigenvalue weighted by Gasteiger charge is -2.49. The van der Waals surface area contributed by atoms with Crippen LogP contribution < -0.4 is 9.64 Å². The van der Waals surface area contributed by atoms with E-state index in [1.807, 2.05) is 19.9 Å². The molecule has 0 spiro atoms. The van der Waals surface area contributed by atoms with Gasteiger partial charge >= 0.3 is 0 Å². The van der Waals surface area contributed by atoms with Gasteiger partial charge in [-0.05, 0) is 68.0 Å².